The fourth-order valence-corrected chi connectivity index (χ4v) is 2.71. The maximum absolute atomic E-state index is 12.5. The van der Waals surface area contributed by atoms with Crippen molar-refractivity contribution in [2.24, 2.45) is 0 Å². The van der Waals surface area contributed by atoms with Crippen LogP contribution in [0.1, 0.15) is 27.0 Å². The van der Waals surface area contributed by atoms with Gasteiger partial charge in [-0.2, -0.15) is 0 Å². The molecule has 0 radical (unpaired) electrons. The summed E-state index contributed by atoms with van der Waals surface area (Å²) in [5, 5.41) is 21.2. The summed E-state index contributed by atoms with van der Waals surface area (Å²) in [7, 11) is 0. The van der Waals surface area contributed by atoms with Gasteiger partial charge in [-0.3, -0.25) is 14.9 Å². The third-order valence-corrected chi connectivity index (χ3v) is 4.06. The van der Waals surface area contributed by atoms with Crippen molar-refractivity contribution in [3.8, 4) is 11.5 Å². The number of carbonyl (C=O) groups excluding carboxylic acids is 1. The SMILES string of the molecule is C=CCOCc1cc(C=CC(=O)c2cc(C)cc([N+](=O)[O-])c2O)ccc1OCC=C. The molecule has 0 bridgehead atoms. The Bertz CT molecular complexity index is 993. The molecule has 0 aliphatic carbocycles. The molecule has 2 rings (SSSR count). The molecule has 0 heterocycles. The predicted molar refractivity (Wildman–Crippen MR) is 115 cm³/mol. The Labute approximate surface area is 174 Å². The second-order valence-corrected chi connectivity index (χ2v) is 6.41. The molecule has 7 heteroatoms. The first kappa shape index (κ1) is 22.6. The number of nitrogens with zero attached hydrogens (tertiary/aromatic N) is 1. The molecule has 0 aliphatic rings. The van der Waals surface area contributed by atoms with Crippen LogP contribution in [0.2, 0.25) is 0 Å². The summed E-state index contributed by atoms with van der Waals surface area (Å²) in [6.07, 6.45) is 6.09. The number of ether oxygens (including phenoxy) is 2. The lowest BCUT2D eigenvalue weighted by molar-refractivity contribution is -0.385. The van der Waals surface area contributed by atoms with Crippen molar-refractivity contribution in [1.29, 1.82) is 0 Å². The zero-order chi connectivity index (χ0) is 22.1. The van der Waals surface area contributed by atoms with Crippen LogP contribution in [0.25, 0.3) is 6.08 Å². The third kappa shape index (κ3) is 5.89. The highest BCUT2D eigenvalue weighted by molar-refractivity contribution is 6.09. The number of phenolic OH excluding ortho intramolecular Hbond substituents is 1. The highest BCUT2D eigenvalue weighted by Gasteiger charge is 2.21. The summed E-state index contributed by atoms with van der Waals surface area (Å²) in [6.45, 7) is 9.86. The van der Waals surface area contributed by atoms with E-state index < -0.39 is 22.1 Å². The molecular weight excluding hydrogens is 386 g/mol. The molecule has 0 amide bonds. The first-order chi connectivity index (χ1) is 14.4. The van der Waals surface area contributed by atoms with Gasteiger partial charge in [-0.25, -0.2) is 0 Å². The minimum Gasteiger partial charge on any atom is -0.502 e. The molecule has 2 aromatic carbocycles. The lowest BCUT2D eigenvalue weighted by Gasteiger charge is -2.11. The standard InChI is InChI=1S/C23H23NO6/c1-4-10-29-15-18-14-17(7-9-22(18)30-11-5-2)6-8-21(25)19-12-16(3)13-20(23(19)26)24(27)28/h4-9,12-14,26H,1-2,10-11,15H2,3H3. The van der Waals surface area contributed by atoms with Crippen LogP contribution in [0.5, 0.6) is 11.5 Å². The van der Waals surface area contributed by atoms with E-state index in [1.54, 1.807) is 37.3 Å². The number of hydrogen-bond donors (Lipinski definition) is 1. The van der Waals surface area contributed by atoms with Gasteiger partial charge in [0.25, 0.3) is 0 Å². The summed E-state index contributed by atoms with van der Waals surface area (Å²) in [5.74, 6) is -0.558. The van der Waals surface area contributed by atoms with E-state index in [0.29, 0.717) is 36.7 Å². The number of phenols is 1. The van der Waals surface area contributed by atoms with Gasteiger partial charge < -0.3 is 14.6 Å². The Balaban J connectivity index is 2.29. The van der Waals surface area contributed by atoms with Crippen LogP contribution in [0, 0.1) is 17.0 Å². The fraction of sp³-hybridized carbons (Fsp3) is 0.174. The monoisotopic (exact) mass is 409 g/mol. The molecular formula is C23H23NO6. The van der Waals surface area contributed by atoms with Gasteiger partial charge in [0.15, 0.2) is 5.78 Å². The van der Waals surface area contributed by atoms with Gasteiger partial charge in [0, 0.05) is 11.6 Å². The number of ketones is 1. The molecule has 0 fully saturated rings. The number of rotatable bonds is 11. The highest BCUT2D eigenvalue weighted by Crippen LogP contribution is 2.32. The normalized spacial score (nSPS) is 10.7. The van der Waals surface area contributed by atoms with Gasteiger partial charge in [-0.1, -0.05) is 30.9 Å². The number of aryl methyl sites for hydroxylation is 1. The number of aromatic hydroxyl groups is 1. The Kier molecular flexibility index (Phi) is 8.08. The lowest BCUT2D eigenvalue weighted by atomic mass is 10.0. The van der Waals surface area contributed by atoms with E-state index in [0.717, 1.165) is 5.56 Å². The van der Waals surface area contributed by atoms with Gasteiger partial charge in [-0.05, 0) is 42.3 Å². The fourth-order valence-electron chi connectivity index (χ4n) is 2.71. The van der Waals surface area contributed by atoms with Crippen molar-refractivity contribution in [2.45, 2.75) is 13.5 Å². The van der Waals surface area contributed by atoms with Crippen molar-refractivity contribution >= 4 is 17.5 Å². The van der Waals surface area contributed by atoms with Crippen LogP contribution in [0.3, 0.4) is 0 Å². The zero-order valence-electron chi connectivity index (χ0n) is 16.7. The predicted octanol–water partition coefficient (Wildman–Crippen LogP) is 4.77. The van der Waals surface area contributed by atoms with Crippen molar-refractivity contribution < 1.29 is 24.3 Å². The van der Waals surface area contributed by atoms with E-state index in [1.807, 2.05) is 6.07 Å². The second-order valence-electron chi connectivity index (χ2n) is 6.41. The first-order valence-electron chi connectivity index (χ1n) is 9.13. The molecule has 2 aromatic rings. The Morgan fingerprint density at radius 3 is 2.60 bits per heavy atom. The van der Waals surface area contributed by atoms with E-state index in [9.17, 15) is 20.0 Å². The van der Waals surface area contributed by atoms with Crippen LogP contribution in [0.15, 0.2) is 61.7 Å². The third-order valence-electron chi connectivity index (χ3n) is 4.06. The zero-order valence-corrected chi connectivity index (χ0v) is 16.7. The second kappa shape index (κ2) is 10.7. The van der Waals surface area contributed by atoms with Gasteiger partial charge >= 0.3 is 5.69 Å². The van der Waals surface area contributed by atoms with Gasteiger partial charge in [-0.15, -0.1) is 6.58 Å². The number of nitro benzene ring substituents is 1. The van der Waals surface area contributed by atoms with Crippen molar-refractivity contribution in [3.05, 3.63) is 94.1 Å². The van der Waals surface area contributed by atoms with Crippen LogP contribution in [0.4, 0.5) is 5.69 Å². The number of carbonyl (C=O) groups is 1. The Hall–Kier alpha value is -3.71. The maximum atomic E-state index is 12.5. The van der Waals surface area contributed by atoms with Crippen LogP contribution >= 0.6 is 0 Å². The summed E-state index contributed by atoms with van der Waals surface area (Å²) in [4.78, 5) is 22.9. The quantitative estimate of drug-likeness (QED) is 0.143. The molecule has 0 saturated carbocycles. The summed E-state index contributed by atoms with van der Waals surface area (Å²) in [5.41, 5.74) is 1.35. The molecule has 0 unspecified atom stereocenters. The molecule has 0 atom stereocenters. The number of allylic oxidation sites excluding steroid dienone is 1. The molecule has 0 spiro atoms. The van der Waals surface area contributed by atoms with Crippen LogP contribution in [-0.4, -0.2) is 29.0 Å². The molecule has 0 saturated heterocycles. The average molecular weight is 409 g/mol. The largest absolute Gasteiger partial charge is 0.502 e. The summed E-state index contributed by atoms with van der Waals surface area (Å²) < 4.78 is 11.1. The smallest absolute Gasteiger partial charge is 0.311 e. The molecule has 0 aliphatic heterocycles. The average Bonchev–Trinajstić information content (AvgIpc) is 2.72. The molecule has 0 aromatic heterocycles. The molecule has 156 valence electrons. The minimum atomic E-state index is -0.722. The molecule has 1 N–H and O–H groups in total. The number of nitro groups is 1. The summed E-state index contributed by atoms with van der Waals surface area (Å²) in [6, 6.07) is 7.96. The molecule has 30 heavy (non-hydrogen) atoms. The van der Waals surface area contributed by atoms with Crippen molar-refractivity contribution in [1.82, 2.24) is 0 Å². The number of hydrogen-bond acceptors (Lipinski definition) is 6. The van der Waals surface area contributed by atoms with E-state index in [4.69, 9.17) is 9.47 Å². The minimum absolute atomic E-state index is 0.126. The maximum Gasteiger partial charge on any atom is 0.311 e. The van der Waals surface area contributed by atoms with Crippen LogP contribution < -0.4 is 4.74 Å². The first-order valence-corrected chi connectivity index (χ1v) is 9.13. The summed E-state index contributed by atoms with van der Waals surface area (Å²) >= 11 is 0. The van der Waals surface area contributed by atoms with Gasteiger partial charge in [0.1, 0.15) is 12.4 Å². The van der Waals surface area contributed by atoms with Gasteiger partial charge in [0.2, 0.25) is 5.75 Å². The van der Waals surface area contributed by atoms with Crippen molar-refractivity contribution in [3.63, 3.8) is 0 Å². The Morgan fingerprint density at radius 2 is 1.93 bits per heavy atom. The Morgan fingerprint density at radius 1 is 1.20 bits per heavy atom. The van der Waals surface area contributed by atoms with E-state index >= 15 is 0 Å². The lowest BCUT2D eigenvalue weighted by Crippen LogP contribution is -2.01. The topological polar surface area (TPSA) is 98.9 Å². The van der Waals surface area contributed by atoms with E-state index in [2.05, 4.69) is 13.2 Å². The van der Waals surface area contributed by atoms with Crippen molar-refractivity contribution in [2.75, 3.05) is 13.2 Å². The highest BCUT2D eigenvalue weighted by atomic mass is 16.6. The van der Waals surface area contributed by atoms with E-state index in [-0.39, 0.29) is 5.56 Å². The number of benzene rings is 2. The molecule has 7 nitrogen and oxygen atoms in total. The van der Waals surface area contributed by atoms with Crippen LogP contribution in [-0.2, 0) is 11.3 Å². The van der Waals surface area contributed by atoms with Gasteiger partial charge in [0.05, 0.1) is 23.7 Å². The van der Waals surface area contributed by atoms with E-state index in [1.165, 1.54) is 18.2 Å².